The summed E-state index contributed by atoms with van der Waals surface area (Å²) in [6.45, 7) is 3.88. The van der Waals surface area contributed by atoms with E-state index < -0.39 is 0 Å². The summed E-state index contributed by atoms with van der Waals surface area (Å²) in [5.74, 6) is 0. The molecule has 1 unspecified atom stereocenters. The number of anilines is 1. The smallest absolute Gasteiger partial charge is 0.322 e. The summed E-state index contributed by atoms with van der Waals surface area (Å²) in [7, 11) is 0. The van der Waals surface area contributed by atoms with E-state index in [1.807, 2.05) is 11.0 Å². The molecule has 108 valence electrons. The first-order valence-corrected chi connectivity index (χ1v) is 7.70. The Labute approximate surface area is 120 Å². The number of para-hydroxylation sites is 1. The number of fused-ring (bicyclic) bond motifs is 1. The third-order valence-corrected chi connectivity index (χ3v) is 4.08. The van der Waals surface area contributed by atoms with Crippen LogP contribution in [-0.4, -0.2) is 25.2 Å². The van der Waals surface area contributed by atoms with Crippen LogP contribution in [0.5, 0.6) is 0 Å². The molecule has 0 bridgehead atoms. The van der Waals surface area contributed by atoms with Crippen LogP contribution in [0, 0.1) is 0 Å². The van der Waals surface area contributed by atoms with Crippen LogP contribution >= 0.6 is 0 Å². The zero-order valence-electron chi connectivity index (χ0n) is 12.1. The molecular formula is C16H23N3O. The minimum Gasteiger partial charge on any atom is -0.335 e. The fraction of sp³-hybridized carbons (Fsp3) is 0.562. The van der Waals surface area contributed by atoms with Gasteiger partial charge in [-0.05, 0) is 43.9 Å². The molecule has 1 saturated carbocycles. The summed E-state index contributed by atoms with van der Waals surface area (Å²) >= 11 is 0. The van der Waals surface area contributed by atoms with E-state index >= 15 is 0 Å². The van der Waals surface area contributed by atoms with Gasteiger partial charge in [0.15, 0.2) is 0 Å². The molecule has 4 heteroatoms. The predicted octanol–water partition coefficient (Wildman–Crippen LogP) is 2.81. The number of urea groups is 1. The Morgan fingerprint density at radius 1 is 1.30 bits per heavy atom. The van der Waals surface area contributed by atoms with E-state index in [0.29, 0.717) is 12.1 Å². The van der Waals surface area contributed by atoms with Gasteiger partial charge in [0, 0.05) is 18.6 Å². The maximum absolute atomic E-state index is 12.4. The van der Waals surface area contributed by atoms with E-state index in [-0.39, 0.29) is 6.03 Å². The van der Waals surface area contributed by atoms with Crippen molar-refractivity contribution in [2.45, 2.75) is 44.7 Å². The van der Waals surface area contributed by atoms with Gasteiger partial charge in [-0.15, -0.1) is 0 Å². The van der Waals surface area contributed by atoms with Crippen LogP contribution in [0.15, 0.2) is 24.3 Å². The quantitative estimate of drug-likeness (QED) is 0.889. The summed E-state index contributed by atoms with van der Waals surface area (Å²) in [5.41, 5.74) is 2.31. The molecule has 0 radical (unpaired) electrons. The van der Waals surface area contributed by atoms with E-state index in [9.17, 15) is 4.79 Å². The zero-order chi connectivity index (χ0) is 13.9. The number of hydrogen-bond donors (Lipinski definition) is 2. The molecule has 3 rings (SSSR count). The first kappa shape index (κ1) is 13.4. The second kappa shape index (κ2) is 5.83. The lowest BCUT2D eigenvalue weighted by Crippen LogP contribution is -2.41. The van der Waals surface area contributed by atoms with Crippen LogP contribution in [0.2, 0.25) is 0 Å². The fourth-order valence-electron chi connectivity index (χ4n) is 2.91. The van der Waals surface area contributed by atoms with Crippen LogP contribution in [0.3, 0.4) is 0 Å². The highest BCUT2D eigenvalue weighted by Crippen LogP contribution is 2.33. The van der Waals surface area contributed by atoms with E-state index in [0.717, 1.165) is 44.5 Å². The van der Waals surface area contributed by atoms with Crippen LogP contribution < -0.4 is 15.5 Å². The molecule has 1 fully saturated rings. The molecule has 2 aliphatic rings. The van der Waals surface area contributed by atoms with Crippen LogP contribution in [-0.2, 0) is 0 Å². The molecular weight excluding hydrogens is 250 g/mol. The summed E-state index contributed by atoms with van der Waals surface area (Å²) in [6.07, 6.45) is 4.37. The van der Waals surface area contributed by atoms with E-state index in [1.54, 1.807) is 0 Å². The molecule has 20 heavy (non-hydrogen) atoms. The highest BCUT2D eigenvalue weighted by atomic mass is 16.2. The van der Waals surface area contributed by atoms with Gasteiger partial charge in [-0.2, -0.15) is 0 Å². The Kier molecular flexibility index (Phi) is 3.92. The van der Waals surface area contributed by atoms with Gasteiger partial charge >= 0.3 is 6.03 Å². The van der Waals surface area contributed by atoms with Crippen molar-refractivity contribution in [3.05, 3.63) is 29.8 Å². The predicted molar refractivity (Wildman–Crippen MR) is 81.0 cm³/mol. The van der Waals surface area contributed by atoms with Gasteiger partial charge in [0.2, 0.25) is 0 Å². The third-order valence-electron chi connectivity index (χ3n) is 4.08. The second-order valence-corrected chi connectivity index (χ2v) is 5.69. The van der Waals surface area contributed by atoms with Gasteiger partial charge in [-0.1, -0.05) is 25.1 Å². The minimum atomic E-state index is 0.0668. The molecule has 0 aromatic heterocycles. The number of nitrogens with one attached hydrogen (secondary N) is 2. The van der Waals surface area contributed by atoms with Gasteiger partial charge in [0.25, 0.3) is 0 Å². The standard InChI is InChI=1S/C16H23N3O/c1-2-17-14-7-5-11-19(16(20)18-12-9-10-12)15-8-4-3-6-13(14)15/h3-4,6,8,12,14,17H,2,5,7,9-11H2,1H3,(H,18,20). The Morgan fingerprint density at radius 2 is 2.10 bits per heavy atom. The number of carbonyl (C=O) groups excluding carboxylic acids is 1. The fourth-order valence-corrected chi connectivity index (χ4v) is 2.91. The molecule has 4 nitrogen and oxygen atoms in total. The van der Waals surface area contributed by atoms with Crippen molar-refractivity contribution in [2.24, 2.45) is 0 Å². The Morgan fingerprint density at radius 3 is 2.85 bits per heavy atom. The molecule has 1 heterocycles. The van der Waals surface area contributed by atoms with Crippen molar-refractivity contribution in [3.8, 4) is 0 Å². The van der Waals surface area contributed by atoms with E-state index in [4.69, 9.17) is 0 Å². The van der Waals surface area contributed by atoms with Crippen LogP contribution in [0.4, 0.5) is 10.5 Å². The molecule has 0 saturated heterocycles. The molecule has 1 aromatic rings. The number of carbonyl (C=O) groups is 1. The Balaban J connectivity index is 1.86. The number of hydrogen-bond acceptors (Lipinski definition) is 2. The first-order valence-electron chi connectivity index (χ1n) is 7.70. The molecule has 1 aliphatic heterocycles. The van der Waals surface area contributed by atoms with Crippen molar-refractivity contribution in [1.29, 1.82) is 0 Å². The molecule has 0 spiro atoms. The second-order valence-electron chi connectivity index (χ2n) is 5.69. The number of amides is 2. The summed E-state index contributed by atoms with van der Waals surface area (Å²) in [5, 5.41) is 6.64. The summed E-state index contributed by atoms with van der Waals surface area (Å²) in [6, 6.07) is 9.12. The Bertz CT molecular complexity index is 484. The number of nitrogens with zero attached hydrogens (tertiary/aromatic N) is 1. The monoisotopic (exact) mass is 273 g/mol. The van der Waals surface area contributed by atoms with Crippen molar-refractivity contribution in [3.63, 3.8) is 0 Å². The maximum atomic E-state index is 12.4. The zero-order valence-corrected chi connectivity index (χ0v) is 12.1. The third kappa shape index (κ3) is 2.80. The van der Waals surface area contributed by atoms with Gasteiger partial charge in [-0.3, -0.25) is 4.90 Å². The molecule has 2 amide bonds. The van der Waals surface area contributed by atoms with Gasteiger partial charge in [-0.25, -0.2) is 4.79 Å². The SMILES string of the molecule is CCNC1CCCN(C(=O)NC2CC2)c2ccccc21. The van der Waals surface area contributed by atoms with Crippen LogP contribution in [0.25, 0.3) is 0 Å². The van der Waals surface area contributed by atoms with Crippen molar-refractivity contribution < 1.29 is 4.79 Å². The lowest BCUT2D eigenvalue weighted by Gasteiger charge is -2.24. The maximum Gasteiger partial charge on any atom is 0.322 e. The minimum absolute atomic E-state index is 0.0668. The average molecular weight is 273 g/mol. The normalized spacial score (nSPS) is 22.1. The molecule has 1 aromatic carbocycles. The molecule has 2 N–H and O–H groups in total. The summed E-state index contributed by atoms with van der Waals surface area (Å²) < 4.78 is 0. The largest absolute Gasteiger partial charge is 0.335 e. The highest BCUT2D eigenvalue weighted by Gasteiger charge is 2.29. The highest BCUT2D eigenvalue weighted by molar-refractivity contribution is 5.93. The van der Waals surface area contributed by atoms with Crippen LogP contribution in [0.1, 0.15) is 44.2 Å². The lowest BCUT2D eigenvalue weighted by molar-refractivity contribution is 0.246. The average Bonchev–Trinajstić information content (AvgIpc) is 3.27. The van der Waals surface area contributed by atoms with Crippen molar-refractivity contribution >= 4 is 11.7 Å². The molecule has 1 aliphatic carbocycles. The van der Waals surface area contributed by atoms with E-state index in [2.05, 4.69) is 35.8 Å². The number of rotatable bonds is 3. The van der Waals surface area contributed by atoms with Crippen molar-refractivity contribution in [1.82, 2.24) is 10.6 Å². The van der Waals surface area contributed by atoms with Gasteiger partial charge in [0.05, 0.1) is 5.69 Å². The van der Waals surface area contributed by atoms with Gasteiger partial charge < -0.3 is 10.6 Å². The molecule has 1 atom stereocenters. The van der Waals surface area contributed by atoms with Gasteiger partial charge in [0.1, 0.15) is 0 Å². The summed E-state index contributed by atoms with van der Waals surface area (Å²) in [4.78, 5) is 14.3. The topological polar surface area (TPSA) is 44.4 Å². The Hall–Kier alpha value is -1.55. The number of benzene rings is 1. The lowest BCUT2D eigenvalue weighted by atomic mass is 10.0. The van der Waals surface area contributed by atoms with E-state index in [1.165, 1.54) is 5.56 Å². The first-order chi connectivity index (χ1) is 9.79. The van der Waals surface area contributed by atoms with Crippen molar-refractivity contribution in [2.75, 3.05) is 18.0 Å².